The fourth-order valence-corrected chi connectivity index (χ4v) is 3.66. The third kappa shape index (κ3) is 2.42. The molecule has 0 saturated carbocycles. The first-order valence-corrected chi connectivity index (χ1v) is 7.17. The monoisotopic (exact) mass is 295 g/mol. The predicted octanol–water partition coefficient (Wildman–Crippen LogP) is 2.89. The van der Waals surface area contributed by atoms with E-state index in [1.807, 2.05) is 0 Å². The summed E-state index contributed by atoms with van der Waals surface area (Å²) in [7, 11) is 0. The molecule has 0 spiro atoms. The molecule has 2 aliphatic rings. The molecule has 2 fully saturated rings. The summed E-state index contributed by atoms with van der Waals surface area (Å²) in [5.41, 5.74) is 7.67. The Labute approximate surface area is 111 Å². The summed E-state index contributed by atoms with van der Waals surface area (Å²) in [6.07, 6.45) is 5.50. The molecular weight excluding hydrogens is 278 g/mol. The maximum Gasteiger partial charge on any atom is 0.0623 e. The number of hydrogen-bond acceptors (Lipinski definition) is 2. The van der Waals surface area contributed by atoms with Gasteiger partial charge in [0.1, 0.15) is 0 Å². The van der Waals surface area contributed by atoms with E-state index < -0.39 is 0 Å². The molecule has 2 saturated heterocycles. The minimum Gasteiger partial charge on any atom is -0.375 e. The Morgan fingerprint density at radius 2 is 2.29 bits per heavy atom. The normalized spacial score (nSPS) is 32.9. The summed E-state index contributed by atoms with van der Waals surface area (Å²) >= 11 is 3.50. The van der Waals surface area contributed by atoms with Crippen LogP contribution in [0, 0.1) is 5.92 Å². The van der Waals surface area contributed by atoms with E-state index in [1.54, 1.807) is 0 Å². The minimum absolute atomic E-state index is 0.236. The van der Waals surface area contributed by atoms with Crippen molar-refractivity contribution in [1.82, 2.24) is 0 Å². The van der Waals surface area contributed by atoms with E-state index in [9.17, 15) is 0 Å². The van der Waals surface area contributed by atoms with Crippen LogP contribution in [-0.4, -0.2) is 18.2 Å². The van der Waals surface area contributed by atoms with Crippen LogP contribution in [0.1, 0.15) is 24.8 Å². The van der Waals surface area contributed by atoms with Crippen molar-refractivity contribution < 1.29 is 4.74 Å². The second-order valence-corrected chi connectivity index (χ2v) is 6.19. The maximum atomic E-state index is 6.35. The average molecular weight is 296 g/mol. The highest BCUT2D eigenvalue weighted by Gasteiger charge is 2.43. The van der Waals surface area contributed by atoms with E-state index in [-0.39, 0.29) is 6.04 Å². The van der Waals surface area contributed by atoms with Crippen molar-refractivity contribution in [2.75, 3.05) is 0 Å². The molecule has 1 aromatic rings. The minimum atomic E-state index is 0.236. The molecule has 2 N–H and O–H groups in total. The summed E-state index contributed by atoms with van der Waals surface area (Å²) in [5.74, 6) is 0.563. The molecule has 3 rings (SSSR count). The van der Waals surface area contributed by atoms with Gasteiger partial charge in [-0.3, -0.25) is 0 Å². The molecule has 2 aliphatic heterocycles. The van der Waals surface area contributed by atoms with Crippen LogP contribution < -0.4 is 5.73 Å². The van der Waals surface area contributed by atoms with Gasteiger partial charge in [-0.15, -0.1) is 0 Å². The first kappa shape index (κ1) is 11.7. The Balaban J connectivity index is 1.65. The molecule has 2 nitrogen and oxygen atoms in total. The molecule has 92 valence electrons. The van der Waals surface area contributed by atoms with E-state index in [1.165, 1.54) is 24.8 Å². The van der Waals surface area contributed by atoms with Gasteiger partial charge in [-0.25, -0.2) is 0 Å². The molecule has 0 amide bonds. The number of rotatable bonds is 3. The van der Waals surface area contributed by atoms with E-state index in [2.05, 4.69) is 40.2 Å². The van der Waals surface area contributed by atoms with Crippen LogP contribution in [0.25, 0.3) is 0 Å². The van der Waals surface area contributed by atoms with Crippen molar-refractivity contribution in [3.63, 3.8) is 0 Å². The number of nitrogens with two attached hydrogens (primary N) is 1. The Morgan fingerprint density at radius 1 is 1.41 bits per heavy atom. The van der Waals surface area contributed by atoms with Gasteiger partial charge >= 0.3 is 0 Å². The second-order valence-electron chi connectivity index (χ2n) is 5.27. The molecule has 2 heterocycles. The van der Waals surface area contributed by atoms with Crippen LogP contribution >= 0.6 is 15.9 Å². The predicted molar refractivity (Wildman–Crippen MR) is 71.8 cm³/mol. The van der Waals surface area contributed by atoms with Crippen LogP contribution in [0.15, 0.2) is 28.7 Å². The molecule has 2 bridgehead atoms. The van der Waals surface area contributed by atoms with Crippen molar-refractivity contribution >= 4 is 15.9 Å². The standard InChI is InChI=1S/C14H18BrNO/c15-10-3-1-2-9(6-10)7-13(16)12-8-11-4-5-14(12)17-11/h1-3,6,11-14H,4-5,7-8,16H2. The largest absolute Gasteiger partial charge is 0.375 e. The molecule has 4 atom stereocenters. The van der Waals surface area contributed by atoms with Crippen LogP contribution in [0.5, 0.6) is 0 Å². The third-order valence-corrected chi connectivity index (χ3v) is 4.56. The van der Waals surface area contributed by atoms with Crippen molar-refractivity contribution in [3.8, 4) is 0 Å². The summed E-state index contributed by atoms with van der Waals surface area (Å²) in [4.78, 5) is 0. The Hall–Kier alpha value is -0.380. The fraction of sp³-hybridized carbons (Fsp3) is 0.571. The lowest BCUT2D eigenvalue weighted by Gasteiger charge is -2.25. The van der Waals surface area contributed by atoms with Gasteiger partial charge in [-0.05, 0) is 43.4 Å². The zero-order valence-electron chi connectivity index (χ0n) is 9.81. The lowest BCUT2D eigenvalue weighted by Crippen LogP contribution is -2.37. The van der Waals surface area contributed by atoms with Crippen molar-refractivity contribution in [3.05, 3.63) is 34.3 Å². The van der Waals surface area contributed by atoms with E-state index in [0.29, 0.717) is 18.1 Å². The highest BCUT2D eigenvalue weighted by Crippen LogP contribution is 2.40. The maximum absolute atomic E-state index is 6.35. The lowest BCUT2D eigenvalue weighted by atomic mass is 9.82. The topological polar surface area (TPSA) is 35.2 Å². The molecule has 0 aromatic heterocycles. The number of benzene rings is 1. The third-order valence-electron chi connectivity index (χ3n) is 4.06. The van der Waals surface area contributed by atoms with Gasteiger partial charge in [0.15, 0.2) is 0 Å². The van der Waals surface area contributed by atoms with Gasteiger partial charge in [-0.1, -0.05) is 28.1 Å². The summed E-state index contributed by atoms with van der Waals surface area (Å²) < 4.78 is 7.01. The fourth-order valence-electron chi connectivity index (χ4n) is 3.22. The second kappa shape index (κ2) is 4.71. The number of hydrogen-bond donors (Lipinski definition) is 1. The smallest absolute Gasteiger partial charge is 0.0623 e. The highest BCUT2D eigenvalue weighted by atomic mass is 79.9. The average Bonchev–Trinajstić information content (AvgIpc) is 2.90. The van der Waals surface area contributed by atoms with Crippen molar-refractivity contribution in [2.45, 2.75) is 43.9 Å². The summed E-state index contributed by atoms with van der Waals surface area (Å²) in [5, 5.41) is 0. The summed E-state index contributed by atoms with van der Waals surface area (Å²) in [6.45, 7) is 0. The van der Waals surface area contributed by atoms with Crippen LogP contribution in [0.4, 0.5) is 0 Å². The molecule has 0 aliphatic carbocycles. The van der Waals surface area contributed by atoms with Crippen molar-refractivity contribution in [1.29, 1.82) is 0 Å². The first-order valence-electron chi connectivity index (χ1n) is 6.38. The van der Waals surface area contributed by atoms with E-state index in [0.717, 1.165) is 10.9 Å². The van der Waals surface area contributed by atoms with Gasteiger partial charge in [0.25, 0.3) is 0 Å². The van der Waals surface area contributed by atoms with Crippen LogP contribution in [0.3, 0.4) is 0 Å². The molecular formula is C14H18BrNO. The number of fused-ring (bicyclic) bond motifs is 2. The lowest BCUT2D eigenvalue weighted by molar-refractivity contribution is 0.0885. The molecule has 1 aromatic carbocycles. The van der Waals surface area contributed by atoms with Crippen LogP contribution in [-0.2, 0) is 11.2 Å². The highest BCUT2D eigenvalue weighted by molar-refractivity contribution is 9.10. The zero-order chi connectivity index (χ0) is 11.8. The first-order chi connectivity index (χ1) is 8.22. The van der Waals surface area contributed by atoms with Gasteiger partial charge in [-0.2, -0.15) is 0 Å². The zero-order valence-corrected chi connectivity index (χ0v) is 11.4. The summed E-state index contributed by atoms with van der Waals surface area (Å²) in [6, 6.07) is 8.67. The number of ether oxygens (including phenoxy) is 1. The Bertz CT molecular complexity index is 409. The molecule has 0 radical (unpaired) electrons. The van der Waals surface area contributed by atoms with Gasteiger partial charge < -0.3 is 10.5 Å². The van der Waals surface area contributed by atoms with E-state index in [4.69, 9.17) is 10.5 Å². The molecule has 4 unspecified atom stereocenters. The van der Waals surface area contributed by atoms with Crippen LogP contribution in [0.2, 0.25) is 0 Å². The quantitative estimate of drug-likeness (QED) is 0.931. The van der Waals surface area contributed by atoms with Gasteiger partial charge in [0.05, 0.1) is 12.2 Å². The molecule has 17 heavy (non-hydrogen) atoms. The van der Waals surface area contributed by atoms with Crippen molar-refractivity contribution in [2.24, 2.45) is 11.7 Å². The Kier molecular flexibility index (Phi) is 3.24. The molecule has 3 heteroatoms. The SMILES string of the molecule is NC(Cc1cccc(Br)c1)C1CC2CCC1O2. The van der Waals surface area contributed by atoms with Gasteiger partial charge in [0, 0.05) is 16.4 Å². The Morgan fingerprint density at radius 3 is 2.94 bits per heavy atom. The van der Waals surface area contributed by atoms with E-state index >= 15 is 0 Å². The van der Waals surface area contributed by atoms with Gasteiger partial charge in [0.2, 0.25) is 0 Å². The number of halogens is 1.